The van der Waals surface area contributed by atoms with Gasteiger partial charge < -0.3 is 10.5 Å². The van der Waals surface area contributed by atoms with E-state index in [9.17, 15) is 9.59 Å². The first-order chi connectivity index (χ1) is 14.8. The van der Waals surface area contributed by atoms with Crippen molar-refractivity contribution in [1.82, 2.24) is 9.97 Å². The third-order valence-electron chi connectivity index (χ3n) is 5.24. The van der Waals surface area contributed by atoms with Crippen molar-refractivity contribution in [2.75, 3.05) is 7.11 Å². The van der Waals surface area contributed by atoms with Gasteiger partial charge in [-0.1, -0.05) is 54.9 Å². The Bertz CT molecular complexity index is 1140. The highest BCUT2D eigenvalue weighted by atomic mass is 35.5. The molecule has 0 bridgehead atoms. The van der Waals surface area contributed by atoms with Crippen molar-refractivity contribution in [3.8, 4) is 22.4 Å². The highest BCUT2D eigenvalue weighted by Gasteiger charge is 2.20. The largest absolute Gasteiger partial charge is 0.469 e. The van der Waals surface area contributed by atoms with Crippen LogP contribution in [0.2, 0.25) is 5.02 Å². The van der Waals surface area contributed by atoms with Crippen molar-refractivity contribution in [1.29, 1.82) is 0 Å². The lowest BCUT2D eigenvalue weighted by molar-refractivity contribution is -0.142. The Hall–Kier alpha value is -3.25. The standard InChI is InChI=1S/C24H24ClN3O3/c1-5-18(24(30)31-4)17-10-11-19(20(25)12-17)15-6-8-16(9-7-15)21-13(2)27-14(3)22(28-21)23(26)29/h6-12,18H,5H2,1-4H3,(H2,26,29). The molecule has 160 valence electrons. The van der Waals surface area contributed by atoms with Gasteiger partial charge in [-0.05, 0) is 37.5 Å². The van der Waals surface area contributed by atoms with E-state index in [0.717, 1.165) is 22.3 Å². The van der Waals surface area contributed by atoms with E-state index >= 15 is 0 Å². The Kier molecular flexibility index (Phi) is 6.71. The summed E-state index contributed by atoms with van der Waals surface area (Å²) in [6, 6.07) is 13.3. The number of carbonyl (C=O) groups excluding carboxylic acids is 2. The molecule has 0 aliphatic heterocycles. The van der Waals surface area contributed by atoms with Gasteiger partial charge in [0.2, 0.25) is 0 Å². The summed E-state index contributed by atoms with van der Waals surface area (Å²) >= 11 is 6.54. The lowest BCUT2D eigenvalue weighted by Gasteiger charge is -2.15. The minimum Gasteiger partial charge on any atom is -0.469 e. The molecular formula is C24H24ClN3O3. The van der Waals surface area contributed by atoms with Gasteiger partial charge in [-0.25, -0.2) is 4.98 Å². The minimum absolute atomic E-state index is 0.166. The van der Waals surface area contributed by atoms with Gasteiger partial charge in [-0.3, -0.25) is 14.6 Å². The number of methoxy groups -OCH3 is 1. The lowest BCUT2D eigenvalue weighted by atomic mass is 9.94. The van der Waals surface area contributed by atoms with E-state index in [4.69, 9.17) is 22.1 Å². The van der Waals surface area contributed by atoms with Crippen molar-refractivity contribution < 1.29 is 14.3 Å². The number of halogens is 1. The van der Waals surface area contributed by atoms with E-state index in [1.54, 1.807) is 6.92 Å². The lowest BCUT2D eigenvalue weighted by Crippen LogP contribution is -2.17. The van der Waals surface area contributed by atoms with E-state index < -0.39 is 5.91 Å². The molecule has 1 atom stereocenters. The number of esters is 1. The molecule has 0 aliphatic carbocycles. The van der Waals surface area contributed by atoms with Crippen molar-refractivity contribution in [3.63, 3.8) is 0 Å². The average Bonchev–Trinajstić information content (AvgIpc) is 2.74. The Labute approximate surface area is 186 Å². The van der Waals surface area contributed by atoms with E-state index in [1.165, 1.54) is 7.11 Å². The van der Waals surface area contributed by atoms with Gasteiger partial charge in [0.15, 0.2) is 0 Å². The number of primary amides is 1. The molecule has 0 fully saturated rings. The first-order valence-corrected chi connectivity index (χ1v) is 10.3. The molecule has 0 saturated heterocycles. The topological polar surface area (TPSA) is 95.2 Å². The summed E-state index contributed by atoms with van der Waals surface area (Å²) in [7, 11) is 1.38. The fraction of sp³-hybridized carbons (Fsp3) is 0.250. The molecule has 1 unspecified atom stereocenters. The maximum Gasteiger partial charge on any atom is 0.313 e. The monoisotopic (exact) mass is 437 g/mol. The number of carbonyl (C=O) groups is 2. The number of hydrogen-bond acceptors (Lipinski definition) is 5. The zero-order chi connectivity index (χ0) is 22.7. The smallest absolute Gasteiger partial charge is 0.313 e. The molecule has 0 saturated carbocycles. The van der Waals surface area contributed by atoms with Crippen LogP contribution in [0.3, 0.4) is 0 Å². The fourth-order valence-electron chi connectivity index (χ4n) is 3.61. The van der Waals surface area contributed by atoms with Gasteiger partial charge in [-0.15, -0.1) is 0 Å². The number of benzene rings is 2. The molecule has 31 heavy (non-hydrogen) atoms. The highest BCUT2D eigenvalue weighted by Crippen LogP contribution is 2.33. The second-order valence-electron chi connectivity index (χ2n) is 7.26. The summed E-state index contributed by atoms with van der Waals surface area (Å²) in [6.45, 7) is 5.48. The average molecular weight is 438 g/mol. The normalized spacial score (nSPS) is 11.8. The van der Waals surface area contributed by atoms with Gasteiger partial charge in [0.05, 0.1) is 30.1 Å². The molecule has 2 aromatic carbocycles. The summed E-state index contributed by atoms with van der Waals surface area (Å²) in [5.41, 5.74) is 10.8. The molecule has 2 N–H and O–H groups in total. The molecule has 1 aromatic heterocycles. The first-order valence-electron chi connectivity index (χ1n) is 9.89. The molecule has 1 heterocycles. The number of aryl methyl sites for hydroxylation is 2. The Morgan fingerprint density at radius 1 is 1.03 bits per heavy atom. The predicted octanol–water partition coefficient (Wildman–Crippen LogP) is 4.85. The predicted molar refractivity (Wildman–Crippen MR) is 121 cm³/mol. The summed E-state index contributed by atoms with van der Waals surface area (Å²) in [4.78, 5) is 32.4. The van der Waals surface area contributed by atoms with Crippen molar-refractivity contribution in [3.05, 3.63) is 70.1 Å². The van der Waals surface area contributed by atoms with Crippen LogP contribution in [-0.2, 0) is 9.53 Å². The van der Waals surface area contributed by atoms with E-state index in [-0.39, 0.29) is 17.6 Å². The highest BCUT2D eigenvalue weighted by molar-refractivity contribution is 6.33. The van der Waals surface area contributed by atoms with Crippen molar-refractivity contribution >= 4 is 23.5 Å². The van der Waals surface area contributed by atoms with Crippen LogP contribution in [0.1, 0.15) is 46.7 Å². The number of rotatable bonds is 6. The first kappa shape index (κ1) is 22.4. The van der Waals surface area contributed by atoms with Gasteiger partial charge >= 0.3 is 5.97 Å². The Morgan fingerprint density at radius 3 is 2.23 bits per heavy atom. The van der Waals surface area contributed by atoms with E-state index in [2.05, 4.69) is 9.97 Å². The summed E-state index contributed by atoms with van der Waals surface area (Å²) in [6.07, 6.45) is 0.626. The van der Waals surface area contributed by atoms with Crippen LogP contribution in [-0.4, -0.2) is 29.0 Å². The summed E-state index contributed by atoms with van der Waals surface area (Å²) in [5.74, 6) is -1.23. The van der Waals surface area contributed by atoms with E-state index in [0.29, 0.717) is 28.5 Å². The van der Waals surface area contributed by atoms with E-state index in [1.807, 2.05) is 56.3 Å². The van der Waals surface area contributed by atoms with Gasteiger partial charge in [0, 0.05) is 16.1 Å². The number of amides is 1. The van der Waals surface area contributed by atoms with Gasteiger partial charge in [0.25, 0.3) is 5.91 Å². The molecule has 0 spiro atoms. The third-order valence-corrected chi connectivity index (χ3v) is 5.55. The van der Waals surface area contributed by atoms with Crippen LogP contribution >= 0.6 is 11.6 Å². The van der Waals surface area contributed by atoms with Crippen molar-refractivity contribution in [2.24, 2.45) is 5.73 Å². The zero-order valence-electron chi connectivity index (χ0n) is 17.9. The van der Waals surface area contributed by atoms with Crippen LogP contribution in [0.25, 0.3) is 22.4 Å². The molecule has 6 nitrogen and oxygen atoms in total. The Balaban J connectivity index is 1.95. The quantitative estimate of drug-likeness (QED) is 0.556. The second-order valence-corrected chi connectivity index (χ2v) is 7.66. The van der Waals surface area contributed by atoms with Crippen LogP contribution in [0, 0.1) is 13.8 Å². The fourth-order valence-corrected chi connectivity index (χ4v) is 3.91. The zero-order valence-corrected chi connectivity index (χ0v) is 18.7. The summed E-state index contributed by atoms with van der Waals surface area (Å²) < 4.78 is 4.89. The van der Waals surface area contributed by atoms with Gasteiger partial charge in [0.1, 0.15) is 5.69 Å². The van der Waals surface area contributed by atoms with Crippen LogP contribution in [0.5, 0.6) is 0 Å². The second kappa shape index (κ2) is 9.27. The van der Waals surface area contributed by atoms with Crippen LogP contribution < -0.4 is 5.73 Å². The molecule has 3 aromatic rings. The molecule has 3 rings (SSSR count). The van der Waals surface area contributed by atoms with Crippen LogP contribution in [0.15, 0.2) is 42.5 Å². The molecule has 0 radical (unpaired) electrons. The Morgan fingerprint density at radius 2 is 1.68 bits per heavy atom. The summed E-state index contributed by atoms with van der Waals surface area (Å²) in [5, 5.41) is 0.551. The molecular weight excluding hydrogens is 414 g/mol. The number of hydrogen-bond donors (Lipinski definition) is 1. The molecule has 7 heteroatoms. The van der Waals surface area contributed by atoms with Crippen LogP contribution in [0.4, 0.5) is 0 Å². The number of aromatic nitrogens is 2. The van der Waals surface area contributed by atoms with Crippen molar-refractivity contribution in [2.45, 2.75) is 33.1 Å². The van der Waals surface area contributed by atoms with Gasteiger partial charge in [-0.2, -0.15) is 0 Å². The number of nitrogens with two attached hydrogens (primary N) is 1. The minimum atomic E-state index is -0.605. The SMILES string of the molecule is CCC(C(=O)OC)c1ccc(-c2ccc(-c3nc(C(N)=O)c(C)nc3C)cc2)c(Cl)c1. The molecule has 0 aliphatic rings. The maximum absolute atomic E-state index is 12.0. The third kappa shape index (κ3) is 4.59. The number of nitrogens with zero attached hydrogens (tertiary/aromatic N) is 2. The number of ether oxygens (including phenoxy) is 1. The molecule has 1 amide bonds. The maximum atomic E-state index is 12.0.